The fraction of sp³-hybridized carbons (Fsp3) is 0.353. The SMILES string of the molecule is Cn1nc2c(c1CNc1nncn1-c1ccccc1)CCCC2. The van der Waals surface area contributed by atoms with Gasteiger partial charge in [-0.05, 0) is 43.4 Å². The van der Waals surface area contributed by atoms with Crippen LogP contribution in [0.5, 0.6) is 0 Å². The predicted molar refractivity (Wildman–Crippen MR) is 88.5 cm³/mol. The first-order valence-corrected chi connectivity index (χ1v) is 8.06. The molecule has 0 aliphatic heterocycles. The molecule has 0 spiro atoms. The number of rotatable bonds is 4. The second kappa shape index (κ2) is 5.87. The van der Waals surface area contributed by atoms with Crippen molar-refractivity contribution in [3.63, 3.8) is 0 Å². The maximum atomic E-state index is 4.67. The molecule has 1 aliphatic carbocycles. The third-order valence-corrected chi connectivity index (χ3v) is 4.44. The molecule has 118 valence electrons. The van der Waals surface area contributed by atoms with E-state index in [4.69, 9.17) is 0 Å². The summed E-state index contributed by atoms with van der Waals surface area (Å²) in [6.45, 7) is 0.713. The Morgan fingerprint density at radius 2 is 1.96 bits per heavy atom. The van der Waals surface area contributed by atoms with Crippen molar-refractivity contribution in [2.24, 2.45) is 7.05 Å². The number of anilines is 1. The van der Waals surface area contributed by atoms with Crippen molar-refractivity contribution in [1.29, 1.82) is 0 Å². The summed E-state index contributed by atoms with van der Waals surface area (Å²) in [7, 11) is 2.03. The normalized spacial score (nSPS) is 13.8. The molecule has 0 unspecified atom stereocenters. The number of hydrogen-bond acceptors (Lipinski definition) is 4. The number of nitrogens with zero attached hydrogens (tertiary/aromatic N) is 5. The first kappa shape index (κ1) is 14.0. The van der Waals surface area contributed by atoms with Gasteiger partial charge in [0.1, 0.15) is 6.33 Å². The first-order chi connectivity index (χ1) is 11.3. The molecule has 6 heteroatoms. The van der Waals surface area contributed by atoms with Crippen molar-refractivity contribution in [1.82, 2.24) is 24.5 Å². The monoisotopic (exact) mass is 308 g/mol. The van der Waals surface area contributed by atoms with Crippen LogP contribution in [0.4, 0.5) is 5.95 Å². The van der Waals surface area contributed by atoms with Gasteiger partial charge in [-0.1, -0.05) is 18.2 Å². The van der Waals surface area contributed by atoms with Gasteiger partial charge in [0.2, 0.25) is 5.95 Å². The molecule has 0 fully saturated rings. The van der Waals surface area contributed by atoms with Gasteiger partial charge in [0.25, 0.3) is 0 Å². The highest BCUT2D eigenvalue weighted by Gasteiger charge is 2.19. The summed E-state index contributed by atoms with van der Waals surface area (Å²) < 4.78 is 3.97. The number of benzene rings is 1. The lowest BCUT2D eigenvalue weighted by Crippen LogP contribution is -2.11. The van der Waals surface area contributed by atoms with E-state index in [9.17, 15) is 0 Å². The largest absolute Gasteiger partial charge is 0.348 e. The Hall–Kier alpha value is -2.63. The summed E-state index contributed by atoms with van der Waals surface area (Å²) in [6, 6.07) is 10.1. The molecule has 4 rings (SSSR count). The van der Waals surface area contributed by atoms with E-state index in [1.807, 2.05) is 46.6 Å². The number of para-hydroxylation sites is 1. The van der Waals surface area contributed by atoms with Crippen molar-refractivity contribution >= 4 is 5.95 Å². The van der Waals surface area contributed by atoms with E-state index >= 15 is 0 Å². The minimum Gasteiger partial charge on any atom is -0.348 e. The van der Waals surface area contributed by atoms with Gasteiger partial charge in [-0.3, -0.25) is 9.25 Å². The average Bonchev–Trinajstić information content (AvgIpc) is 3.17. The molecule has 1 N–H and O–H groups in total. The Balaban J connectivity index is 1.57. The topological polar surface area (TPSA) is 60.6 Å². The zero-order valence-corrected chi connectivity index (χ0v) is 13.2. The van der Waals surface area contributed by atoms with Crippen LogP contribution in [0.3, 0.4) is 0 Å². The molecule has 0 saturated carbocycles. The molecule has 0 radical (unpaired) electrons. The van der Waals surface area contributed by atoms with Gasteiger partial charge < -0.3 is 5.32 Å². The smallest absolute Gasteiger partial charge is 0.229 e. The lowest BCUT2D eigenvalue weighted by molar-refractivity contribution is 0.664. The molecular weight excluding hydrogens is 288 g/mol. The average molecular weight is 308 g/mol. The number of fused-ring (bicyclic) bond motifs is 1. The molecule has 23 heavy (non-hydrogen) atoms. The summed E-state index contributed by atoms with van der Waals surface area (Å²) >= 11 is 0. The highest BCUT2D eigenvalue weighted by molar-refractivity contribution is 5.41. The van der Waals surface area contributed by atoms with E-state index in [1.54, 1.807) is 6.33 Å². The third kappa shape index (κ3) is 2.60. The van der Waals surface area contributed by atoms with Crippen molar-refractivity contribution in [3.8, 4) is 5.69 Å². The quantitative estimate of drug-likeness (QED) is 0.804. The van der Waals surface area contributed by atoms with Crippen molar-refractivity contribution in [3.05, 3.63) is 53.6 Å². The van der Waals surface area contributed by atoms with Gasteiger partial charge in [0.15, 0.2) is 0 Å². The Labute approximate surface area is 135 Å². The highest BCUT2D eigenvalue weighted by atomic mass is 15.3. The summed E-state index contributed by atoms with van der Waals surface area (Å²) in [6.07, 6.45) is 6.47. The van der Waals surface area contributed by atoms with Crippen LogP contribution in [0.1, 0.15) is 29.8 Å². The van der Waals surface area contributed by atoms with Gasteiger partial charge in [-0.15, -0.1) is 10.2 Å². The molecule has 0 bridgehead atoms. The zero-order chi connectivity index (χ0) is 15.6. The van der Waals surface area contributed by atoms with Gasteiger partial charge in [0, 0.05) is 7.05 Å². The molecule has 2 heterocycles. The molecule has 0 amide bonds. The van der Waals surface area contributed by atoms with Crippen molar-refractivity contribution < 1.29 is 0 Å². The lowest BCUT2D eigenvalue weighted by atomic mass is 9.96. The van der Waals surface area contributed by atoms with Crippen LogP contribution in [0.15, 0.2) is 36.7 Å². The third-order valence-electron chi connectivity index (χ3n) is 4.44. The molecule has 2 aromatic heterocycles. The maximum Gasteiger partial charge on any atom is 0.229 e. The van der Waals surface area contributed by atoms with E-state index < -0.39 is 0 Å². The van der Waals surface area contributed by atoms with Gasteiger partial charge in [-0.25, -0.2) is 0 Å². The molecular formula is C17H20N6. The minimum absolute atomic E-state index is 0.713. The van der Waals surface area contributed by atoms with E-state index in [1.165, 1.54) is 29.8 Å². The summed E-state index contributed by atoms with van der Waals surface area (Å²) in [5, 5.41) is 16.3. The van der Waals surface area contributed by atoms with Crippen LogP contribution < -0.4 is 5.32 Å². The van der Waals surface area contributed by atoms with Crippen LogP contribution in [0.2, 0.25) is 0 Å². The number of aryl methyl sites for hydroxylation is 2. The fourth-order valence-corrected chi connectivity index (χ4v) is 3.26. The van der Waals surface area contributed by atoms with Crippen LogP contribution in [0.25, 0.3) is 5.69 Å². The first-order valence-electron chi connectivity index (χ1n) is 8.06. The van der Waals surface area contributed by atoms with Crippen LogP contribution in [-0.4, -0.2) is 24.5 Å². The van der Waals surface area contributed by atoms with Crippen LogP contribution in [0, 0.1) is 0 Å². The van der Waals surface area contributed by atoms with Crippen LogP contribution >= 0.6 is 0 Å². The fourth-order valence-electron chi connectivity index (χ4n) is 3.26. The second-order valence-corrected chi connectivity index (χ2v) is 5.92. The number of aromatic nitrogens is 5. The van der Waals surface area contributed by atoms with E-state index in [2.05, 4.69) is 20.6 Å². The predicted octanol–water partition coefficient (Wildman–Crippen LogP) is 2.49. The van der Waals surface area contributed by atoms with E-state index in [0.717, 1.165) is 24.5 Å². The van der Waals surface area contributed by atoms with E-state index in [0.29, 0.717) is 6.54 Å². The molecule has 1 aliphatic rings. The van der Waals surface area contributed by atoms with Gasteiger partial charge >= 0.3 is 0 Å². The van der Waals surface area contributed by atoms with Crippen molar-refractivity contribution in [2.45, 2.75) is 32.2 Å². The van der Waals surface area contributed by atoms with Crippen LogP contribution in [-0.2, 0) is 26.4 Å². The lowest BCUT2D eigenvalue weighted by Gasteiger charge is -2.13. The number of hydrogen-bond donors (Lipinski definition) is 1. The Morgan fingerprint density at radius 1 is 1.13 bits per heavy atom. The summed E-state index contributed by atoms with van der Waals surface area (Å²) in [4.78, 5) is 0. The second-order valence-electron chi connectivity index (χ2n) is 5.92. The highest BCUT2D eigenvalue weighted by Crippen LogP contribution is 2.24. The Morgan fingerprint density at radius 3 is 2.83 bits per heavy atom. The van der Waals surface area contributed by atoms with E-state index in [-0.39, 0.29) is 0 Å². The standard InChI is InChI=1S/C17H20N6/c1-22-16(14-9-5-6-10-15(14)21-22)11-18-17-20-19-12-23(17)13-7-3-2-4-8-13/h2-4,7-8,12H,5-6,9-11H2,1H3,(H,18,20). The Bertz CT molecular complexity index is 802. The Kier molecular flexibility index (Phi) is 3.57. The maximum absolute atomic E-state index is 4.67. The molecule has 1 aromatic carbocycles. The summed E-state index contributed by atoms with van der Waals surface area (Å²) in [5.74, 6) is 0.752. The zero-order valence-electron chi connectivity index (χ0n) is 13.2. The van der Waals surface area contributed by atoms with Crippen molar-refractivity contribution in [2.75, 3.05) is 5.32 Å². The number of nitrogens with one attached hydrogen (secondary N) is 1. The van der Waals surface area contributed by atoms with Gasteiger partial charge in [-0.2, -0.15) is 5.10 Å². The van der Waals surface area contributed by atoms with Gasteiger partial charge in [0.05, 0.1) is 23.6 Å². The molecule has 6 nitrogen and oxygen atoms in total. The molecule has 0 atom stereocenters. The minimum atomic E-state index is 0.713. The summed E-state index contributed by atoms with van der Waals surface area (Å²) in [5.41, 5.74) is 4.98. The molecule has 0 saturated heterocycles. The molecule has 3 aromatic rings.